The van der Waals surface area contributed by atoms with Gasteiger partial charge in [0.15, 0.2) is 0 Å². The van der Waals surface area contributed by atoms with Crippen LogP contribution in [0.15, 0.2) is 84.9 Å². The maximum Gasteiger partial charge on any atom is 0.254 e. The van der Waals surface area contributed by atoms with Crippen molar-refractivity contribution in [1.82, 2.24) is 0 Å². The molecule has 1 aromatic heterocycles. The summed E-state index contributed by atoms with van der Waals surface area (Å²) in [6.07, 6.45) is 11.0. The van der Waals surface area contributed by atoms with E-state index in [1.165, 1.54) is 173 Å². The predicted molar refractivity (Wildman–Crippen MR) is 330 cm³/mol. The predicted octanol–water partition coefficient (Wildman–Crippen LogP) is 18.3. The molecule has 2 bridgehead atoms. The van der Waals surface area contributed by atoms with Crippen LogP contribution in [0.4, 0.5) is 33.4 Å². The number of hydrogen-bond acceptors (Lipinski definition) is 3. The Labute approximate surface area is 461 Å². The van der Waals surface area contributed by atoms with Crippen molar-refractivity contribution in [2.24, 2.45) is 0 Å². The first kappa shape index (κ1) is 49.3. The van der Waals surface area contributed by atoms with Crippen LogP contribution in [-0.2, 0) is 43.3 Å². The maximum atomic E-state index is 2.80. The Morgan fingerprint density at radius 2 is 0.855 bits per heavy atom. The number of hydrogen-bond donors (Lipinski definition) is 0. The molecule has 0 spiro atoms. The smallest absolute Gasteiger partial charge is 0.254 e. The summed E-state index contributed by atoms with van der Waals surface area (Å²) in [4.78, 5) is 5.59. The van der Waals surface area contributed by atoms with E-state index in [9.17, 15) is 0 Å². The molecule has 7 aromatic rings. The molecule has 2 unspecified atom stereocenters. The van der Waals surface area contributed by atoms with Gasteiger partial charge in [0, 0.05) is 33.1 Å². The Morgan fingerprint density at radius 3 is 1.38 bits per heavy atom. The van der Waals surface area contributed by atoms with Crippen LogP contribution in [0.25, 0.3) is 21.2 Å². The lowest BCUT2D eigenvalue weighted by molar-refractivity contribution is 0.332. The largest absolute Gasteiger partial charge is 0.311 e. The molecule has 2 atom stereocenters. The molecule has 1 fully saturated rings. The quantitative estimate of drug-likeness (QED) is 0.163. The lowest BCUT2D eigenvalue weighted by Gasteiger charge is -2.48. The normalized spacial score (nSPS) is 24.8. The first-order valence-electron chi connectivity index (χ1n) is 29.5. The molecule has 0 N–H and O–H groups in total. The average Bonchev–Trinajstić information content (AvgIpc) is 4.07. The monoisotopic (exact) mass is 1020 g/mol. The number of rotatable bonds is 3. The zero-order valence-electron chi connectivity index (χ0n) is 49.3. The maximum absolute atomic E-state index is 2.80. The van der Waals surface area contributed by atoms with E-state index < -0.39 is 0 Å². The van der Waals surface area contributed by atoms with Crippen molar-refractivity contribution in [2.75, 3.05) is 9.80 Å². The first-order valence-corrected chi connectivity index (χ1v) is 30.3. The second-order valence-corrected chi connectivity index (χ2v) is 31.6. The van der Waals surface area contributed by atoms with E-state index >= 15 is 0 Å². The first-order chi connectivity index (χ1) is 35.5. The van der Waals surface area contributed by atoms with Gasteiger partial charge in [-0.2, -0.15) is 0 Å². The van der Waals surface area contributed by atoms with Gasteiger partial charge in [0.1, 0.15) is 0 Å². The molecule has 7 aliphatic rings. The highest BCUT2D eigenvalue weighted by atomic mass is 32.1. The lowest BCUT2D eigenvalue weighted by atomic mass is 9.33. The minimum absolute atomic E-state index is 0.0395. The minimum Gasteiger partial charge on any atom is -0.311 e. The Balaban J connectivity index is 1.16. The van der Waals surface area contributed by atoms with E-state index in [0.717, 1.165) is 0 Å². The van der Waals surface area contributed by atoms with Crippen molar-refractivity contribution >= 4 is 78.0 Å². The van der Waals surface area contributed by atoms with Crippen LogP contribution in [0, 0.1) is 20.8 Å². The van der Waals surface area contributed by atoms with Gasteiger partial charge in [-0.25, -0.2) is 0 Å². The standard InChI is InChI=1S/C72H83BN2S/c1-41-30-42(2)61(43(3)31-41)44-32-58-63-59(33-44)75(46-19-21-49-51(35-46)68(10,11)25-23-66(49,6)7)64-62(47-36-54-55(39-60(47)76-64)72(17)29-28-71(54,16)40-72)73(63)56-37-52-53(70(14,15)27-26-69(52,12)13)38-57(56)74(58)45-18-20-48-50(34-45)67(8,9)24-22-65(48,4)5/h18-21,30-39H,22-29,40H2,1-17H3. The van der Waals surface area contributed by atoms with Gasteiger partial charge in [0.2, 0.25) is 0 Å². The van der Waals surface area contributed by atoms with Crippen LogP contribution in [0.3, 0.4) is 0 Å². The number of fused-ring (bicyclic) bond motifs is 14. The Kier molecular flexibility index (Phi) is 9.84. The SMILES string of the molecule is Cc1cc(C)c(-c2cc3c4c(c2)N(c2ccc5c(c2)C(C)(C)CCC5(C)C)c2sc5cc6c(cc5c2B4c2cc4c(cc2N3c2ccc3c(c2)C(C)(C)CCC3(C)C)C(C)(C)CCC4(C)C)C2(C)CCC6(C)C2)c(C)c1. The fourth-order valence-corrected chi connectivity index (χ4v) is 18.7. The van der Waals surface area contributed by atoms with Gasteiger partial charge in [0.25, 0.3) is 6.71 Å². The number of thiophene rings is 1. The van der Waals surface area contributed by atoms with Crippen molar-refractivity contribution in [1.29, 1.82) is 0 Å². The molecule has 1 saturated carbocycles. The van der Waals surface area contributed by atoms with E-state index in [4.69, 9.17) is 0 Å². The van der Waals surface area contributed by atoms with Gasteiger partial charge < -0.3 is 9.80 Å². The van der Waals surface area contributed by atoms with Gasteiger partial charge in [-0.05, 0) is 265 Å². The highest BCUT2D eigenvalue weighted by Crippen LogP contribution is 2.62. The molecule has 0 amide bonds. The van der Waals surface area contributed by atoms with Gasteiger partial charge >= 0.3 is 0 Å². The summed E-state index contributed by atoms with van der Waals surface area (Å²) >= 11 is 2.08. The van der Waals surface area contributed by atoms with Crippen LogP contribution in [0.1, 0.15) is 216 Å². The fraction of sp³-hybridized carbons (Fsp3) is 0.472. The van der Waals surface area contributed by atoms with E-state index in [2.05, 4.69) is 224 Å². The van der Waals surface area contributed by atoms with E-state index in [-0.39, 0.29) is 50.0 Å². The third-order valence-corrected chi connectivity index (χ3v) is 23.4. The summed E-state index contributed by atoms with van der Waals surface area (Å²) in [5.41, 5.74) is 31.0. The number of nitrogens with zero attached hydrogens (tertiary/aromatic N) is 2. The van der Waals surface area contributed by atoms with Gasteiger partial charge in [-0.3, -0.25) is 0 Å². The van der Waals surface area contributed by atoms with Crippen LogP contribution in [-0.4, -0.2) is 6.71 Å². The van der Waals surface area contributed by atoms with Gasteiger partial charge in [-0.1, -0.05) is 133 Å². The van der Waals surface area contributed by atoms with E-state index in [1.54, 1.807) is 16.7 Å². The average molecular weight is 1020 g/mol. The van der Waals surface area contributed by atoms with Crippen molar-refractivity contribution < 1.29 is 0 Å². The minimum atomic E-state index is 0.0395. The molecule has 3 heterocycles. The van der Waals surface area contributed by atoms with E-state index in [1.807, 2.05) is 0 Å². The molecule has 2 nitrogen and oxygen atoms in total. The molecule has 4 heteroatoms. The van der Waals surface area contributed by atoms with Crippen molar-refractivity contribution in [3.63, 3.8) is 0 Å². The van der Waals surface area contributed by atoms with Gasteiger partial charge in [0.05, 0.1) is 5.00 Å². The van der Waals surface area contributed by atoms with Crippen molar-refractivity contribution in [3.8, 4) is 11.1 Å². The molecule has 0 radical (unpaired) electrons. The third kappa shape index (κ3) is 6.64. The highest BCUT2D eigenvalue weighted by molar-refractivity contribution is 7.26. The summed E-state index contributed by atoms with van der Waals surface area (Å²) in [6, 6.07) is 36.5. The number of benzene rings is 6. The Hall–Kier alpha value is -5.06. The van der Waals surface area contributed by atoms with Crippen molar-refractivity contribution in [3.05, 3.63) is 146 Å². The lowest BCUT2D eigenvalue weighted by Crippen LogP contribution is -2.61. The van der Waals surface area contributed by atoms with Crippen molar-refractivity contribution in [2.45, 2.75) is 219 Å². The zero-order chi connectivity index (χ0) is 53.6. The molecule has 2 aliphatic heterocycles. The summed E-state index contributed by atoms with van der Waals surface area (Å²) in [5, 5.41) is 2.88. The molecule has 14 rings (SSSR count). The Bertz CT molecular complexity index is 3720. The number of aryl methyl sites for hydroxylation is 3. The highest BCUT2D eigenvalue weighted by Gasteiger charge is 2.55. The molecular weight excluding hydrogens is 936 g/mol. The van der Waals surface area contributed by atoms with Gasteiger partial charge in [-0.15, -0.1) is 11.3 Å². The summed E-state index contributed by atoms with van der Waals surface area (Å²) < 4.78 is 1.45. The summed E-state index contributed by atoms with van der Waals surface area (Å²) in [7, 11) is 0. The third-order valence-electron chi connectivity index (χ3n) is 22.3. The molecule has 6 aromatic carbocycles. The summed E-state index contributed by atoms with van der Waals surface area (Å²) in [5.74, 6) is 0. The van der Waals surface area contributed by atoms with Crippen LogP contribution >= 0.6 is 11.3 Å². The molecular formula is C72H83BN2S. The van der Waals surface area contributed by atoms with E-state index in [0.29, 0.717) is 0 Å². The second kappa shape index (κ2) is 15.2. The van der Waals surface area contributed by atoms with Crippen LogP contribution < -0.4 is 26.2 Å². The Morgan fingerprint density at radius 1 is 0.408 bits per heavy atom. The topological polar surface area (TPSA) is 6.48 Å². The zero-order valence-corrected chi connectivity index (χ0v) is 50.1. The molecule has 76 heavy (non-hydrogen) atoms. The second-order valence-electron chi connectivity index (χ2n) is 30.5. The molecule has 0 saturated heterocycles. The molecule has 5 aliphatic carbocycles. The summed E-state index contributed by atoms with van der Waals surface area (Å²) in [6.45, 7) is 42.2. The van der Waals surface area contributed by atoms with Crippen LogP contribution in [0.5, 0.6) is 0 Å². The number of anilines is 6. The molecule has 390 valence electrons. The fourth-order valence-electron chi connectivity index (χ4n) is 17.4. The van der Waals surface area contributed by atoms with Crippen LogP contribution in [0.2, 0.25) is 0 Å².